The molecule has 0 aromatic carbocycles. The van der Waals surface area contributed by atoms with E-state index in [0.29, 0.717) is 4.90 Å². The maximum absolute atomic E-state index is 12.3. The summed E-state index contributed by atoms with van der Waals surface area (Å²) >= 11 is 8.53. The smallest absolute Gasteiger partial charge is 0.406 e. The molecule has 0 unspecified atom stereocenters. The predicted octanol–water partition coefficient (Wildman–Crippen LogP) is 3.33. The van der Waals surface area contributed by atoms with E-state index in [0.717, 1.165) is 6.26 Å². The van der Waals surface area contributed by atoms with E-state index in [1.54, 1.807) is 0 Å². The molecule has 1 heterocycles. The van der Waals surface area contributed by atoms with Crippen LogP contribution in [0.15, 0.2) is 16.7 Å². The molecule has 1 rings (SSSR count). The Morgan fingerprint density at radius 3 is 2.59 bits per heavy atom. The lowest BCUT2D eigenvalue weighted by Crippen LogP contribution is -2.40. The van der Waals surface area contributed by atoms with Gasteiger partial charge in [0.15, 0.2) is 0 Å². The highest BCUT2D eigenvalue weighted by atomic mass is 79.9. The van der Waals surface area contributed by atoms with Gasteiger partial charge in [-0.1, -0.05) is 15.9 Å². The van der Waals surface area contributed by atoms with Crippen molar-refractivity contribution in [3.05, 3.63) is 23.1 Å². The fourth-order valence-corrected chi connectivity index (χ4v) is 1.81. The molecule has 8 heteroatoms. The van der Waals surface area contributed by atoms with Gasteiger partial charge in [0.1, 0.15) is 6.54 Å². The molecule has 0 saturated carbocycles. The minimum atomic E-state index is -4.45. The van der Waals surface area contributed by atoms with Gasteiger partial charge in [-0.05, 0) is 17.7 Å². The van der Waals surface area contributed by atoms with Crippen LogP contribution < -0.4 is 0 Å². The fourth-order valence-electron chi connectivity index (χ4n) is 1.19. The van der Waals surface area contributed by atoms with Gasteiger partial charge < -0.3 is 9.32 Å². The number of alkyl halides is 4. The third kappa shape index (κ3) is 4.23. The summed E-state index contributed by atoms with van der Waals surface area (Å²) in [6.45, 7) is -1.39. The van der Waals surface area contributed by atoms with Crippen LogP contribution in [0, 0.1) is 0 Å². The lowest BCUT2D eigenvalue weighted by molar-refractivity contribution is -0.140. The second-order valence-corrected chi connectivity index (χ2v) is 4.28. The van der Waals surface area contributed by atoms with Crippen LogP contribution in [-0.2, 0) is 0 Å². The van der Waals surface area contributed by atoms with Crippen molar-refractivity contribution in [2.75, 3.05) is 18.4 Å². The van der Waals surface area contributed by atoms with Gasteiger partial charge in [0.05, 0.1) is 11.8 Å². The molecule has 0 N–H and O–H groups in total. The van der Waals surface area contributed by atoms with Crippen LogP contribution in [0.3, 0.4) is 0 Å². The van der Waals surface area contributed by atoms with Crippen molar-refractivity contribution in [2.45, 2.75) is 6.18 Å². The highest BCUT2D eigenvalue weighted by Gasteiger charge is 2.33. The predicted molar refractivity (Wildman–Crippen MR) is 59.5 cm³/mol. The van der Waals surface area contributed by atoms with Crippen molar-refractivity contribution in [3.63, 3.8) is 0 Å². The highest BCUT2D eigenvalue weighted by Crippen LogP contribution is 2.22. The molecule has 0 aliphatic carbocycles. The number of rotatable bonds is 4. The number of nitrogens with zero attached hydrogens (tertiary/aromatic N) is 1. The first-order valence-corrected chi connectivity index (χ1v) is 6.00. The second kappa shape index (κ2) is 5.77. The largest absolute Gasteiger partial charge is 0.452 e. The average Bonchev–Trinajstić information content (AvgIpc) is 2.61. The maximum Gasteiger partial charge on any atom is 0.406 e. The highest BCUT2D eigenvalue weighted by molar-refractivity contribution is 9.09. The lowest BCUT2D eigenvalue weighted by atomic mass is 10.3. The number of carbonyl (C=O) groups excluding carboxylic acids is 1. The van der Waals surface area contributed by atoms with Gasteiger partial charge in [0, 0.05) is 11.9 Å². The summed E-state index contributed by atoms with van der Waals surface area (Å²) < 4.78 is 41.5. The van der Waals surface area contributed by atoms with Crippen LogP contribution in [-0.4, -0.2) is 35.4 Å². The minimum Gasteiger partial charge on any atom is -0.452 e. The molecule has 0 atom stereocenters. The van der Waals surface area contributed by atoms with Crippen LogP contribution in [0.1, 0.15) is 10.4 Å². The zero-order valence-electron chi connectivity index (χ0n) is 8.43. The van der Waals surface area contributed by atoms with Crippen molar-refractivity contribution < 1.29 is 22.4 Å². The van der Waals surface area contributed by atoms with Crippen molar-refractivity contribution >= 4 is 33.4 Å². The number of hydrogen-bond acceptors (Lipinski definition) is 2. The number of amides is 1. The summed E-state index contributed by atoms with van der Waals surface area (Å²) in [7, 11) is 0. The third-order valence-corrected chi connectivity index (χ3v) is 2.51. The molecule has 1 aromatic heterocycles. The SMILES string of the molecule is O=C(c1ccoc1Cl)N(CCBr)CC(F)(F)F. The van der Waals surface area contributed by atoms with E-state index in [2.05, 4.69) is 20.3 Å². The minimum absolute atomic E-state index is 0.0696. The second-order valence-electron chi connectivity index (χ2n) is 3.14. The molecule has 0 saturated heterocycles. The van der Waals surface area contributed by atoms with Crippen LogP contribution >= 0.6 is 27.5 Å². The molecule has 1 amide bonds. The molecule has 3 nitrogen and oxygen atoms in total. The molecular weight excluding hydrogens is 326 g/mol. The molecule has 0 fully saturated rings. The Hall–Kier alpha value is -0.690. The first-order chi connectivity index (χ1) is 7.85. The van der Waals surface area contributed by atoms with Gasteiger partial charge in [0.25, 0.3) is 5.91 Å². The maximum atomic E-state index is 12.3. The van der Waals surface area contributed by atoms with Crippen LogP contribution in [0.2, 0.25) is 5.22 Å². The number of hydrogen-bond donors (Lipinski definition) is 0. The summed E-state index contributed by atoms with van der Waals surface area (Å²) in [6.07, 6.45) is -3.30. The van der Waals surface area contributed by atoms with E-state index >= 15 is 0 Å². The van der Waals surface area contributed by atoms with E-state index < -0.39 is 18.6 Å². The van der Waals surface area contributed by atoms with E-state index in [1.807, 2.05) is 0 Å². The lowest BCUT2D eigenvalue weighted by Gasteiger charge is -2.22. The van der Waals surface area contributed by atoms with Gasteiger partial charge in [-0.3, -0.25) is 4.79 Å². The number of carbonyl (C=O) groups is 1. The van der Waals surface area contributed by atoms with E-state index in [9.17, 15) is 18.0 Å². The molecule has 0 aliphatic rings. The van der Waals surface area contributed by atoms with E-state index in [4.69, 9.17) is 11.6 Å². The van der Waals surface area contributed by atoms with Gasteiger partial charge in [-0.15, -0.1) is 0 Å². The number of furan rings is 1. The molecule has 0 spiro atoms. The molecule has 0 bridgehead atoms. The summed E-state index contributed by atoms with van der Waals surface area (Å²) in [6, 6.07) is 1.24. The van der Waals surface area contributed by atoms with Gasteiger partial charge in [-0.25, -0.2) is 0 Å². The summed E-state index contributed by atoms with van der Waals surface area (Å²) in [5.74, 6) is -0.805. The van der Waals surface area contributed by atoms with Crippen molar-refractivity contribution in [3.8, 4) is 0 Å². The summed E-state index contributed by atoms with van der Waals surface area (Å²) in [5, 5.41) is 0.0290. The first kappa shape index (κ1) is 14.4. The molecule has 0 radical (unpaired) electrons. The molecule has 17 heavy (non-hydrogen) atoms. The zero-order valence-corrected chi connectivity index (χ0v) is 10.8. The monoisotopic (exact) mass is 333 g/mol. The Bertz CT molecular complexity index is 394. The Morgan fingerprint density at radius 2 is 2.18 bits per heavy atom. The molecule has 1 aromatic rings. The topological polar surface area (TPSA) is 33.5 Å². The van der Waals surface area contributed by atoms with Crippen molar-refractivity contribution in [1.29, 1.82) is 0 Å². The van der Waals surface area contributed by atoms with Crippen molar-refractivity contribution in [2.24, 2.45) is 0 Å². The Morgan fingerprint density at radius 1 is 1.53 bits per heavy atom. The standard InChI is InChI=1S/C9H8BrClF3NO2/c10-2-3-15(5-9(12,13)14)8(16)6-1-4-17-7(6)11/h1,4H,2-3,5H2. The fraction of sp³-hybridized carbons (Fsp3) is 0.444. The Labute approximate surface area is 109 Å². The first-order valence-electron chi connectivity index (χ1n) is 4.50. The molecule has 96 valence electrons. The summed E-state index contributed by atoms with van der Waals surface area (Å²) in [4.78, 5) is 12.4. The van der Waals surface area contributed by atoms with Crippen LogP contribution in [0.25, 0.3) is 0 Å². The van der Waals surface area contributed by atoms with Gasteiger partial charge in [-0.2, -0.15) is 13.2 Å². The molecular formula is C9H8BrClF3NO2. The van der Waals surface area contributed by atoms with E-state index in [-0.39, 0.29) is 22.7 Å². The third-order valence-electron chi connectivity index (χ3n) is 1.86. The number of halogens is 5. The normalized spacial score (nSPS) is 11.6. The van der Waals surface area contributed by atoms with Crippen LogP contribution in [0.5, 0.6) is 0 Å². The van der Waals surface area contributed by atoms with E-state index in [1.165, 1.54) is 6.07 Å². The van der Waals surface area contributed by atoms with Crippen molar-refractivity contribution in [1.82, 2.24) is 4.90 Å². The summed E-state index contributed by atoms with van der Waals surface area (Å²) in [5.41, 5.74) is -0.0723. The average molecular weight is 335 g/mol. The Balaban J connectivity index is 2.84. The zero-order chi connectivity index (χ0) is 13.1. The van der Waals surface area contributed by atoms with Crippen LogP contribution in [0.4, 0.5) is 13.2 Å². The molecule has 0 aliphatic heterocycles. The Kier molecular flexibility index (Phi) is 4.88. The van der Waals surface area contributed by atoms with Gasteiger partial charge >= 0.3 is 6.18 Å². The van der Waals surface area contributed by atoms with Gasteiger partial charge in [0.2, 0.25) is 5.22 Å². The quantitative estimate of drug-likeness (QED) is 0.791.